The van der Waals surface area contributed by atoms with Crippen molar-refractivity contribution in [3.63, 3.8) is 0 Å². The molecule has 0 unspecified atom stereocenters. The molecule has 8 heteroatoms. The SMILES string of the molecule is Cc1nc(N2CCN(C(=O)c3c[nH]c4ccccc34)CC2)cc(-n2cccn2)n1. The van der Waals surface area contributed by atoms with E-state index in [2.05, 4.69) is 25.0 Å². The zero-order valence-electron chi connectivity index (χ0n) is 16.1. The van der Waals surface area contributed by atoms with Crippen LogP contribution in [0, 0.1) is 6.92 Å². The van der Waals surface area contributed by atoms with Crippen molar-refractivity contribution in [2.24, 2.45) is 0 Å². The molecule has 1 N–H and O–H groups in total. The lowest BCUT2D eigenvalue weighted by Gasteiger charge is -2.35. The van der Waals surface area contributed by atoms with Gasteiger partial charge in [-0.3, -0.25) is 4.79 Å². The Labute approximate surface area is 167 Å². The summed E-state index contributed by atoms with van der Waals surface area (Å²) in [6, 6.07) is 11.7. The average molecular weight is 387 g/mol. The standard InChI is InChI=1S/C21H21N7O/c1-15-24-19(13-20(25-15)28-8-4-7-23-28)26-9-11-27(12-10-26)21(29)17-14-22-18-6-3-2-5-16(17)18/h2-8,13-14,22H,9-12H2,1H3. The quantitative estimate of drug-likeness (QED) is 0.584. The van der Waals surface area contributed by atoms with E-state index < -0.39 is 0 Å². The van der Waals surface area contributed by atoms with E-state index in [0.717, 1.165) is 41.2 Å². The number of benzene rings is 1. The maximum absolute atomic E-state index is 13.0. The third-order valence-corrected chi connectivity index (χ3v) is 5.26. The minimum absolute atomic E-state index is 0.0678. The minimum Gasteiger partial charge on any atom is -0.360 e. The molecule has 3 aromatic heterocycles. The predicted molar refractivity (Wildman–Crippen MR) is 110 cm³/mol. The van der Waals surface area contributed by atoms with E-state index in [0.29, 0.717) is 18.9 Å². The molecular formula is C21H21N7O. The number of nitrogens with one attached hydrogen (secondary N) is 1. The molecule has 0 aliphatic carbocycles. The molecule has 5 rings (SSSR count). The van der Waals surface area contributed by atoms with Crippen molar-refractivity contribution in [3.8, 4) is 5.82 Å². The second-order valence-corrected chi connectivity index (χ2v) is 7.11. The van der Waals surface area contributed by atoms with Gasteiger partial charge in [0.25, 0.3) is 5.91 Å². The van der Waals surface area contributed by atoms with Crippen molar-refractivity contribution in [2.45, 2.75) is 6.92 Å². The summed E-state index contributed by atoms with van der Waals surface area (Å²) in [5.74, 6) is 2.38. The first-order chi connectivity index (χ1) is 14.2. The van der Waals surface area contributed by atoms with Gasteiger partial charge in [-0.2, -0.15) is 5.10 Å². The third-order valence-electron chi connectivity index (χ3n) is 5.26. The number of rotatable bonds is 3. The van der Waals surface area contributed by atoms with Crippen LogP contribution in [0.25, 0.3) is 16.7 Å². The van der Waals surface area contributed by atoms with Gasteiger partial charge in [0, 0.05) is 61.7 Å². The monoisotopic (exact) mass is 387 g/mol. The van der Waals surface area contributed by atoms with Crippen molar-refractivity contribution in [1.82, 2.24) is 29.6 Å². The van der Waals surface area contributed by atoms with E-state index in [-0.39, 0.29) is 5.91 Å². The number of para-hydroxylation sites is 1. The van der Waals surface area contributed by atoms with Gasteiger partial charge in [-0.05, 0) is 19.1 Å². The van der Waals surface area contributed by atoms with Crippen LogP contribution in [0.15, 0.2) is 55.0 Å². The Bertz CT molecular complexity index is 1160. The summed E-state index contributed by atoms with van der Waals surface area (Å²) in [6.07, 6.45) is 5.40. The molecule has 0 bridgehead atoms. The van der Waals surface area contributed by atoms with Crippen molar-refractivity contribution in [3.05, 3.63) is 66.4 Å². The molecule has 29 heavy (non-hydrogen) atoms. The molecule has 1 saturated heterocycles. The van der Waals surface area contributed by atoms with Gasteiger partial charge in [0.1, 0.15) is 11.6 Å². The summed E-state index contributed by atoms with van der Waals surface area (Å²) < 4.78 is 1.73. The van der Waals surface area contributed by atoms with Crippen LogP contribution in [0.2, 0.25) is 0 Å². The molecule has 1 fully saturated rings. The van der Waals surface area contributed by atoms with Crippen LogP contribution in [-0.4, -0.2) is 61.7 Å². The van der Waals surface area contributed by atoms with E-state index in [1.165, 1.54) is 0 Å². The maximum atomic E-state index is 13.0. The molecule has 8 nitrogen and oxygen atoms in total. The smallest absolute Gasteiger partial charge is 0.256 e. The van der Waals surface area contributed by atoms with Crippen LogP contribution >= 0.6 is 0 Å². The van der Waals surface area contributed by atoms with Crippen LogP contribution in [0.5, 0.6) is 0 Å². The van der Waals surface area contributed by atoms with E-state index in [4.69, 9.17) is 0 Å². The first-order valence-corrected chi connectivity index (χ1v) is 9.65. The number of hydrogen-bond acceptors (Lipinski definition) is 5. The van der Waals surface area contributed by atoms with Gasteiger partial charge in [0.2, 0.25) is 0 Å². The Kier molecular flexibility index (Phi) is 4.23. The number of hydrogen-bond donors (Lipinski definition) is 1. The number of anilines is 1. The largest absolute Gasteiger partial charge is 0.360 e. The first kappa shape index (κ1) is 17.4. The van der Waals surface area contributed by atoms with Crippen molar-refractivity contribution >= 4 is 22.6 Å². The summed E-state index contributed by atoms with van der Waals surface area (Å²) in [5, 5.41) is 5.22. The fourth-order valence-corrected chi connectivity index (χ4v) is 3.78. The highest BCUT2D eigenvalue weighted by atomic mass is 16.2. The molecule has 0 atom stereocenters. The average Bonchev–Trinajstić information content (AvgIpc) is 3.43. The molecule has 1 amide bonds. The maximum Gasteiger partial charge on any atom is 0.256 e. The van der Waals surface area contributed by atoms with Crippen LogP contribution in [0.1, 0.15) is 16.2 Å². The van der Waals surface area contributed by atoms with Crippen LogP contribution < -0.4 is 4.90 Å². The van der Waals surface area contributed by atoms with Crippen molar-refractivity contribution in [2.75, 3.05) is 31.1 Å². The normalized spacial score (nSPS) is 14.5. The zero-order chi connectivity index (χ0) is 19.8. The number of carbonyl (C=O) groups excluding carboxylic acids is 1. The van der Waals surface area contributed by atoms with Gasteiger partial charge in [-0.25, -0.2) is 14.6 Å². The highest BCUT2D eigenvalue weighted by Gasteiger charge is 2.25. The van der Waals surface area contributed by atoms with Crippen LogP contribution in [0.4, 0.5) is 5.82 Å². The van der Waals surface area contributed by atoms with Crippen LogP contribution in [0.3, 0.4) is 0 Å². The van der Waals surface area contributed by atoms with E-state index >= 15 is 0 Å². The van der Waals surface area contributed by atoms with Crippen molar-refractivity contribution < 1.29 is 4.79 Å². The fourth-order valence-electron chi connectivity index (χ4n) is 3.78. The second kappa shape index (κ2) is 7.05. The zero-order valence-corrected chi connectivity index (χ0v) is 16.1. The number of nitrogens with zero attached hydrogens (tertiary/aromatic N) is 6. The van der Waals surface area contributed by atoms with E-state index in [1.54, 1.807) is 10.9 Å². The van der Waals surface area contributed by atoms with Gasteiger partial charge in [-0.1, -0.05) is 18.2 Å². The highest BCUT2D eigenvalue weighted by molar-refractivity contribution is 6.06. The number of fused-ring (bicyclic) bond motifs is 1. The number of aromatic nitrogens is 5. The third kappa shape index (κ3) is 3.22. The molecule has 1 aliphatic rings. The number of H-pyrrole nitrogens is 1. The number of carbonyl (C=O) groups is 1. The Morgan fingerprint density at radius 1 is 1.03 bits per heavy atom. The van der Waals surface area contributed by atoms with E-state index in [9.17, 15) is 4.79 Å². The number of aryl methyl sites for hydroxylation is 1. The minimum atomic E-state index is 0.0678. The highest BCUT2D eigenvalue weighted by Crippen LogP contribution is 2.22. The Hall–Kier alpha value is -3.68. The number of aromatic amines is 1. The molecule has 0 radical (unpaired) electrons. The summed E-state index contributed by atoms with van der Waals surface area (Å²) in [4.78, 5) is 29.4. The van der Waals surface area contributed by atoms with Gasteiger partial charge < -0.3 is 14.8 Å². The molecule has 146 valence electrons. The van der Waals surface area contributed by atoms with Gasteiger partial charge in [0.05, 0.1) is 5.56 Å². The lowest BCUT2D eigenvalue weighted by Crippen LogP contribution is -2.49. The molecule has 0 spiro atoms. The lowest BCUT2D eigenvalue weighted by atomic mass is 10.1. The molecular weight excluding hydrogens is 366 g/mol. The number of amides is 1. The lowest BCUT2D eigenvalue weighted by molar-refractivity contribution is 0.0748. The summed E-state index contributed by atoms with van der Waals surface area (Å²) in [7, 11) is 0. The predicted octanol–water partition coefficient (Wildman–Crippen LogP) is 2.41. The fraction of sp³-hybridized carbons (Fsp3) is 0.238. The molecule has 4 aromatic rings. The van der Waals surface area contributed by atoms with Gasteiger partial charge >= 0.3 is 0 Å². The summed E-state index contributed by atoms with van der Waals surface area (Å²) in [6.45, 7) is 4.64. The molecule has 0 saturated carbocycles. The summed E-state index contributed by atoms with van der Waals surface area (Å²) in [5.41, 5.74) is 1.71. The Balaban J connectivity index is 1.32. The van der Waals surface area contributed by atoms with Gasteiger partial charge in [-0.15, -0.1) is 0 Å². The second-order valence-electron chi connectivity index (χ2n) is 7.11. The Morgan fingerprint density at radius 3 is 2.62 bits per heavy atom. The topological polar surface area (TPSA) is 82.9 Å². The van der Waals surface area contributed by atoms with E-state index in [1.807, 2.05) is 60.6 Å². The van der Waals surface area contributed by atoms with Crippen molar-refractivity contribution in [1.29, 1.82) is 0 Å². The number of piperazine rings is 1. The molecule has 1 aromatic carbocycles. The summed E-state index contributed by atoms with van der Waals surface area (Å²) >= 11 is 0. The molecule has 4 heterocycles. The first-order valence-electron chi connectivity index (χ1n) is 9.65. The molecule has 1 aliphatic heterocycles. The van der Waals surface area contributed by atoms with Gasteiger partial charge in [0.15, 0.2) is 5.82 Å². The Morgan fingerprint density at radius 2 is 1.83 bits per heavy atom. The van der Waals surface area contributed by atoms with Crippen LogP contribution in [-0.2, 0) is 0 Å².